The maximum Gasteiger partial charge on any atom is 0.290 e. The Morgan fingerprint density at radius 3 is 2.71 bits per heavy atom. The lowest BCUT2D eigenvalue weighted by molar-refractivity contribution is 0.0739. The zero-order valence-corrected chi connectivity index (χ0v) is 16.3. The molecule has 0 spiro atoms. The second-order valence-corrected chi connectivity index (χ2v) is 7.00. The molecule has 142 valence electrons. The molecule has 4 rings (SSSR count). The van der Waals surface area contributed by atoms with Crippen molar-refractivity contribution in [2.75, 3.05) is 7.05 Å². The number of aromatic nitrogens is 3. The maximum atomic E-state index is 12.9. The minimum Gasteiger partial charge on any atom is -0.449 e. The molecule has 0 aliphatic carbocycles. The Morgan fingerprint density at radius 1 is 1.21 bits per heavy atom. The number of fused-ring (bicyclic) bond motifs is 1. The minimum absolute atomic E-state index is 0.153. The number of benzene rings is 1. The number of pyridine rings is 1. The molecule has 1 amide bonds. The lowest BCUT2D eigenvalue weighted by Gasteiger charge is -2.13. The quantitative estimate of drug-likeness (QED) is 0.507. The maximum absolute atomic E-state index is 12.9. The van der Waals surface area contributed by atoms with E-state index in [9.17, 15) is 4.79 Å². The molecule has 0 saturated heterocycles. The van der Waals surface area contributed by atoms with Crippen LogP contribution in [-0.2, 0) is 6.54 Å². The van der Waals surface area contributed by atoms with Crippen molar-refractivity contribution in [3.05, 3.63) is 64.5 Å². The van der Waals surface area contributed by atoms with E-state index in [0.717, 1.165) is 22.1 Å². The van der Waals surface area contributed by atoms with Crippen LogP contribution in [0.5, 0.6) is 0 Å². The first-order valence-corrected chi connectivity index (χ1v) is 8.99. The Kier molecular flexibility index (Phi) is 4.60. The highest BCUT2D eigenvalue weighted by atomic mass is 35.5. The SMILES string of the molecule is Cc1cc(Cl)c2oc(C(=O)N(C)Cc3nc(-c4ccncc4)no3)c(C)c2c1. The Balaban J connectivity index is 1.58. The lowest BCUT2D eigenvalue weighted by Crippen LogP contribution is -2.26. The second kappa shape index (κ2) is 7.09. The summed E-state index contributed by atoms with van der Waals surface area (Å²) in [5.74, 6) is 0.732. The number of carbonyl (C=O) groups is 1. The number of rotatable bonds is 4. The summed E-state index contributed by atoms with van der Waals surface area (Å²) in [5.41, 5.74) is 3.06. The van der Waals surface area contributed by atoms with E-state index in [1.165, 1.54) is 4.90 Å². The van der Waals surface area contributed by atoms with Crippen molar-refractivity contribution in [2.24, 2.45) is 0 Å². The highest BCUT2D eigenvalue weighted by molar-refractivity contribution is 6.35. The predicted molar refractivity (Wildman–Crippen MR) is 104 cm³/mol. The van der Waals surface area contributed by atoms with Gasteiger partial charge in [-0.3, -0.25) is 9.78 Å². The summed E-state index contributed by atoms with van der Waals surface area (Å²) in [5, 5.41) is 5.27. The van der Waals surface area contributed by atoms with Gasteiger partial charge in [0.25, 0.3) is 5.91 Å². The third-order valence-corrected chi connectivity index (χ3v) is 4.74. The molecule has 0 atom stereocenters. The van der Waals surface area contributed by atoms with Crippen LogP contribution >= 0.6 is 11.6 Å². The van der Waals surface area contributed by atoms with E-state index in [0.29, 0.717) is 22.3 Å². The van der Waals surface area contributed by atoms with E-state index in [1.807, 2.05) is 26.0 Å². The molecule has 0 N–H and O–H groups in total. The van der Waals surface area contributed by atoms with Gasteiger partial charge in [0, 0.05) is 36.0 Å². The Labute approximate surface area is 165 Å². The Morgan fingerprint density at radius 2 is 1.96 bits per heavy atom. The van der Waals surface area contributed by atoms with Crippen molar-refractivity contribution in [3.8, 4) is 11.4 Å². The number of halogens is 1. The lowest BCUT2D eigenvalue weighted by atomic mass is 10.1. The Bertz CT molecular complexity index is 1170. The fourth-order valence-corrected chi connectivity index (χ4v) is 3.31. The summed E-state index contributed by atoms with van der Waals surface area (Å²) < 4.78 is 11.1. The number of hydrogen-bond donors (Lipinski definition) is 0. The van der Waals surface area contributed by atoms with E-state index >= 15 is 0 Å². The van der Waals surface area contributed by atoms with Gasteiger partial charge in [-0.1, -0.05) is 16.8 Å². The molecule has 3 heterocycles. The normalized spacial score (nSPS) is 11.1. The summed E-state index contributed by atoms with van der Waals surface area (Å²) in [7, 11) is 1.65. The molecule has 0 aliphatic rings. The summed E-state index contributed by atoms with van der Waals surface area (Å²) in [6.07, 6.45) is 3.30. The molecule has 3 aromatic heterocycles. The molecule has 8 heteroatoms. The van der Waals surface area contributed by atoms with Gasteiger partial charge < -0.3 is 13.8 Å². The first-order valence-electron chi connectivity index (χ1n) is 8.61. The largest absolute Gasteiger partial charge is 0.449 e. The number of amides is 1. The third kappa shape index (κ3) is 3.25. The average Bonchev–Trinajstić information content (AvgIpc) is 3.27. The molecule has 0 fully saturated rings. The molecule has 28 heavy (non-hydrogen) atoms. The van der Waals surface area contributed by atoms with Crippen LogP contribution in [0.25, 0.3) is 22.4 Å². The van der Waals surface area contributed by atoms with Gasteiger partial charge in [0.05, 0.1) is 5.02 Å². The van der Waals surface area contributed by atoms with Crippen LogP contribution in [0.2, 0.25) is 5.02 Å². The van der Waals surface area contributed by atoms with E-state index in [-0.39, 0.29) is 18.2 Å². The molecule has 0 saturated carbocycles. The van der Waals surface area contributed by atoms with Gasteiger partial charge in [-0.15, -0.1) is 0 Å². The fourth-order valence-electron chi connectivity index (χ4n) is 3.00. The van der Waals surface area contributed by atoms with E-state index < -0.39 is 0 Å². The van der Waals surface area contributed by atoms with Crippen molar-refractivity contribution in [1.29, 1.82) is 0 Å². The first-order chi connectivity index (χ1) is 13.4. The number of hydrogen-bond acceptors (Lipinski definition) is 6. The molecule has 7 nitrogen and oxygen atoms in total. The Hall–Kier alpha value is -3.19. The van der Waals surface area contributed by atoms with Crippen molar-refractivity contribution in [2.45, 2.75) is 20.4 Å². The van der Waals surface area contributed by atoms with Gasteiger partial charge in [0.1, 0.15) is 6.54 Å². The van der Waals surface area contributed by atoms with Gasteiger partial charge in [-0.25, -0.2) is 0 Å². The fraction of sp³-hybridized carbons (Fsp3) is 0.200. The highest BCUT2D eigenvalue weighted by Gasteiger charge is 2.24. The molecule has 0 aliphatic heterocycles. The molecule has 1 aromatic carbocycles. The summed E-state index contributed by atoms with van der Waals surface area (Å²) in [4.78, 5) is 22.7. The molecular formula is C20H17ClN4O3. The van der Waals surface area contributed by atoms with Crippen molar-refractivity contribution in [1.82, 2.24) is 20.0 Å². The van der Waals surface area contributed by atoms with Crippen LogP contribution in [0.15, 0.2) is 45.6 Å². The summed E-state index contributed by atoms with van der Waals surface area (Å²) >= 11 is 6.27. The van der Waals surface area contributed by atoms with Gasteiger partial charge in [0.15, 0.2) is 11.3 Å². The van der Waals surface area contributed by atoms with Crippen molar-refractivity contribution < 1.29 is 13.7 Å². The van der Waals surface area contributed by atoms with Crippen molar-refractivity contribution in [3.63, 3.8) is 0 Å². The van der Waals surface area contributed by atoms with Crippen LogP contribution in [-0.4, -0.2) is 33.0 Å². The summed E-state index contributed by atoms with van der Waals surface area (Å²) in [6, 6.07) is 7.33. The molecule has 0 radical (unpaired) electrons. The zero-order chi connectivity index (χ0) is 19.8. The van der Waals surface area contributed by atoms with E-state index in [2.05, 4.69) is 15.1 Å². The van der Waals surface area contributed by atoms with Crippen LogP contribution in [0, 0.1) is 13.8 Å². The minimum atomic E-state index is -0.286. The number of furan rings is 1. The van der Waals surface area contributed by atoms with Crippen molar-refractivity contribution >= 4 is 28.5 Å². The van der Waals surface area contributed by atoms with Gasteiger partial charge in [-0.05, 0) is 43.7 Å². The topological polar surface area (TPSA) is 85.3 Å². The van der Waals surface area contributed by atoms with E-state index in [4.69, 9.17) is 20.5 Å². The molecule has 4 aromatic rings. The molecule has 0 unspecified atom stereocenters. The van der Waals surface area contributed by atoms with Crippen LogP contribution in [0.4, 0.5) is 0 Å². The van der Waals surface area contributed by atoms with Crippen LogP contribution in [0.1, 0.15) is 27.6 Å². The highest BCUT2D eigenvalue weighted by Crippen LogP contribution is 2.32. The predicted octanol–water partition coefficient (Wildman–Crippen LogP) is 4.42. The third-order valence-electron chi connectivity index (χ3n) is 4.46. The zero-order valence-electron chi connectivity index (χ0n) is 15.6. The number of aryl methyl sites for hydroxylation is 2. The summed E-state index contributed by atoms with van der Waals surface area (Å²) in [6.45, 7) is 3.94. The van der Waals surface area contributed by atoms with Gasteiger partial charge in [-0.2, -0.15) is 4.98 Å². The first kappa shape index (κ1) is 18.2. The average molecular weight is 397 g/mol. The monoisotopic (exact) mass is 396 g/mol. The molecular weight excluding hydrogens is 380 g/mol. The molecule has 0 bridgehead atoms. The second-order valence-electron chi connectivity index (χ2n) is 6.59. The standard InChI is InChI=1S/C20H17ClN4O3/c1-11-8-14-12(2)17(27-18(14)15(21)9-11)20(26)25(3)10-16-23-19(24-28-16)13-4-6-22-7-5-13/h4-9H,10H2,1-3H3. The van der Waals surface area contributed by atoms with Crippen LogP contribution in [0.3, 0.4) is 0 Å². The van der Waals surface area contributed by atoms with Crippen LogP contribution < -0.4 is 0 Å². The number of nitrogens with zero attached hydrogens (tertiary/aromatic N) is 4. The van der Waals surface area contributed by atoms with E-state index in [1.54, 1.807) is 31.6 Å². The van der Waals surface area contributed by atoms with Gasteiger partial charge >= 0.3 is 0 Å². The number of carbonyl (C=O) groups excluding carboxylic acids is 1. The van der Waals surface area contributed by atoms with Gasteiger partial charge in [0.2, 0.25) is 11.7 Å². The smallest absolute Gasteiger partial charge is 0.290 e.